The number of nitrogens with one attached hydrogen (secondary N) is 2. The molecule has 1 atom stereocenters. The van der Waals surface area contributed by atoms with Gasteiger partial charge in [0.2, 0.25) is 0 Å². The van der Waals surface area contributed by atoms with Crippen LogP contribution in [-0.2, 0) is 6.54 Å². The van der Waals surface area contributed by atoms with Gasteiger partial charge in [-0.15, -0.1) is 0 Å². The minimum Gasteiger partial charge on any atom is -0.354 e. The molecule has 0 radical (unpaired) electrons. The van der Waals surface area contributed by atoms with Crippen molar-refractivity contribution < 1.29 is 0 Å². The van der Waals surface area contributed by atoms with E-state index in [0.717, 1.165) is 26.2 Å². The van der Waals surface area contributed by atoms with E-state index in [-0.39, 0.29) is 0 Å². The van der Waals surface area contributed by atoms with Crippen LogP contribution in [-0.4, -0.2) is 30.2 Å². The molecular formula is C10H17N3. The molecule has 2 N–H and O–H groups in total. The van der Waals surface area contributed by atoms with Crippen LogP contribution in [0.3, 0.4) is 0 Å². The van der Waals surface area contributed by atoms with Crippen LogP contribution in [0.15, 0.2) is 24.5 Å². The standard InChI is InChI=1S/C10H17N3/c1-2-7-13(6-1)8-3-10-9-11-4-5-12-10/h1-2,6-7,10-12H,3-5,8-9H2/t10-/m1/s1. The normalized spacial score (nSPS) is 23.2. The monoisotopic (exact) mass is 179 g/mol. The number of piperazine rings is 1. The first-order valence-corrected chi connectivity index (χ1v) is 5.00. The highest BCUT2D eigenvalue weighted by atomic mass is 15.1. The lowest BCUT2D eigenvalue weighted by Gasteiger charge is -2.24. The maximum Gasteiger partial charge on any atom is 0.0234 e. The van der Waals surface area contributed by atoms with E-state index < -0.39 is 0 Å². The van der Waals surface area contributed by atoms with Crippen LogP contribution in [0.4, 0.5) is 0 Å². The smallest absolute Gasteiger partial charge is 0.0234 e. The largest absolute Gasteiger partial charge is 0.354 e. The van der Waals surface area contributed by atoms with Crippen molar-refractivity contribution in [2.75, 3.05) is 19.6 Å². The summed E-state index contributed by atoms with van der Waals surface area (Å²) in [6.45, 7) is 4.45. The highest BCUT2D eigenvalue weighted by molar-refractivity contribution is 4.90. The molecule has 0 spiro atoms. The van der Waals surface area contributed by atoms with E-state index in [1.165, 1.54) is 6.42 Å². The average molecular weight is 179 g/mol. The number of aromatic nitrogens is 1. The van der Waals surface area contributed by atoms with Crippen molar-refractivity contribution in [1.82, 2.24) is 15.2 Å². The van der Waals surface area contributed by atoms with Gasteiger partial charge in [0, 0.05) is 44.6 Å². The third-order valence-corrected chi connectivity index (χ3v) is 2.53. The molecule has 1 saturated heterocycles. The van der Waals surface area contributed by atoms with Crippen LogP contribution >= 0.6 is 0 Å². The molecule has 0 aromatic carbocycles. The SMILES string of the molecule is c1ccn(CC[C@@H]2CNCCN2)c1. The van der Waals surface area contributed by atoms with Gasteiger partial charge in [0.1, 0.15) is 0 Å². The Balaban J connectivity index is 1.72. The number of hydrogen-bond acceptors (Lipinski definition) is 2. The zero-order valence-corrected chi connectivity index (χ0v) is 7.87. The quantitative estimate of drug-likeness (QED) is 0.705. The van der Waals surface area contributed by atoms with Crippen molar-refractivity contribution in [2.24, 2.45) is 0 Å². The molecule has 0 amide bonds. The summed E-state index contributed by atoms with van der Waals surface area (Å²) >= 11 is 0. The minimum absolute atomic E-state index is 0.649. The maximum absolute atomic E-state index is 3.51. The second kappa shape index (κ2) is 4.44. The molecule has 72 valence electrons. The number of aryl methyl sites for hydroxylation is 1. The van der Waals surface area contributed by atoms with E-state index in [2.05, 4.69) is 39.7 Å². The van der Waals surface area contributed by atoms with Gasteiger partial charge in [0.25, 0.3) is 0 Å². The predicted octanol–water partition coefficient (Wildman–Crippen LogP) is 0.440. The fraction of sp³-hybridized carbons (Fsp3) is 0.600. The van der Waals surface area contributed by atoms with Crippen molar-refractivity contribution in [2.45, 2.75) is 19.0 Å². The molecule has 0 saturated carbocycles. The minimum atomic E-state index is 0.649. The van der Waals surface area contributed by atoms with Crippen molar-refractivity contribution in [3.63, 3.8) is 0 Å². The molecule has 0 bridgehead atoms. The van der Waals surface area contributed by atoms with Crippen LogP contribution in [0.5, 0.6) is 0 Å². The van der Waals surface area contributed by atoms with Gasteiger partial charge in [-0.2, -0.15) is 0 Å². The fourth-order valence-electron chi connectivity index (χ4n) is 1.74. The Bertz CT molecular complexity index is 224. The summed E-state index contributed by atoms with van der Waals surface area (Å²) in [5.74, 6) is 0. The zero-order valence-electron chi connectivity index (χ0n) is 7.87. The average Bonchev–Trinajstić information content (AvgIpc) is 2.69. The number of rotatable bonds is 3. The molecule has 1 aliphatic heterocycles. The molecule has 1 aliphatic rings. The third-order valence-electron chi connectivity index (χ3n) is 2.53. The summed E-state index contributed by atoms with van der Waals surface area (Å²) in [5.41, 5.74) is 0. The molecule has 3 nitrogen and oxygen atoms in total. The van der Waals surface area contributed by atoms with Gasteiger partial charge in [-0.3, -0.25) is 0 Å². The Kier molecular flexibility index (Phi) is 3.00. The Labute approximate surface area is 79.1 Å². The van der Waals surface area contributed by atoms with Crippen LogP contribution in [0, 0.1) is 0 Å². The lowest BCUT2D eigenvalue weighted by molar-refractivity contribution is 0.383. The van der Waals surface area contributed by atoms with Gasteiger partial charge >= 0.3 is 0 Å². The second-order valence-corrected chi connectivity index (χ2v) is 3.56. The van der Waals surface area contributed by atoms with Crippen LogP contribution in [0.2, 0.25) is 0 Å². The highest BCUT2D eigenvalue weighted by Gasteiger charge is 2.10. The maximum atomic E-state index is 3.51. The lowest BCUT2D eigenvalue weighted by atomic mass is 10.1. The predicted molar refractivity (Wildman–Crippen MR) is 53.7 cm³/mol. The van der Waals surface area contributed by atoms with Crippen molar-refractivity contribution >= 4 is 0 Å². The van der Waals surface area contributed by atoms with E-state index in [4.69, 9.17) is 0 Å². The summed E-state index contributed by atoms with van der Waals surface area (Å²) in [6.07, 6.45) is 5.45. The van der Waals surface area contributed by atoms with E-state index in [1.54, 1.807) is 0 Å². The molecule has 1 aromatic heterocycles. The Morgan fingerprint density at radius 2 is 2.08 bits per heavy atom. The summed E-state index contributed by atoms with van der Waals surface area (Å²) < 4.78 is 2.23. The van der Waals surface area contributed by atoms with Gasteiger partial charge in [0.15, 0.2) is 0 Å². The molecule has 1 fully saturated rings. The Morgan fingerprint density at radius 3 is 2.77 bits per heavy atom. The molecule has 13 heavy (non-hydrogen) atoms. The fourth-order valence-corrected chi connectivity index (χ4v) is 1.74. The van der Waals surface area contributed by atoms with Crippen LogP contribution < -0.4 is 10.6 Å². The molecule has 1 aromatic rings. The van der Waals surface area contributed by atoms with E-state index in [1.807, 2.05) is 0 Å². The Morgan fingerprint density at radius 1 is 1.23 bits per heavy atom. The van der Waals surface area contributed by atoms with E-state index in [0.29, 0.717) is 6.04 Å². The summed E-state index contributed by atoms with van der Waals surface area (Å²) in [6, 6.07) is 4.80. The molecule has 2 heterocycles. The third kappa shape index (κ3) is 2.57. The first-order chi connectivity index (χ1) is 6.45. The summed E-state index contributed by atoms with van der Waals surface area (Å²) in [5, 5.41) is 6.90. The summed E-state index contributed by atoms with van der Waals surface area (Å²) in [4.78, 5) is 0. The second-order valence-electron chi connectivity index (χ2n) is 3.56. The van der Waals surface area contributed by atoms with Gasteiger partial charge in [-0.25, -0.2) is 0 Å². The van der Waals surface area contributed by atoms with Crippen molar-refractivity contribution in [3.8, 4) is 0 Å². The van der Waals surface area contributed by atoms with Crippen LogP contribution in [0.1, 0.15) is 6.42 Å². The first kappa shape index (κ1) is 8.78. The highest BCUT2D eigenvalue weighted by Crippen LogP contribution is 1.98. The van der Waals surface area contributed by atoms with E-state index >= 15 is 0 Å². The van der Waals surface area contributed by atoms with Gasteiger partial charge < -0.3 is 15.2 Å². The molecule has 2 rings (SSSR count). The molecule has 0 unspecified atom stereocenters. The number of hydrogen-bond donors (Lipinski definition) is 2. The molecule has 3 heteroatoms. The number of nitrogens with zero attached hydrogens (tertiary/aromatic N) is 1. The molecule has 0 aliphatic carbocycles. The summed E-state index contributed by atoms with van der Waals surface area (Å²) in [7, 11) is 0. The van der Waals surface area contributed by atoms with Gasteiger partial charge in [-0.1, -0.05) is 0 Å². The van der Waals surface area contributed by atoms with E-state index in [9.17, 15) is 0 Å². The Hall–Kier alpha value is -0.800. The topological polar surface area (TPSA) is 29.0 Å². The first-order valence-electron chi connectivity index (χ1n) is 5.00. The zero-order chi connectivity index (χ0) is 8.93. The van der Waals surface area contributed by atoms with Crippen molar-refractivity contribution in [3.05, 3.63) is 24.5 Å². The van der Waals surface area contributed by atoms with Crippen LogP contribution in [0.25, 0.3) is 0 Å². The van der Waals surface area contributed by atoms with Gasteiger partial charge in [0.05, 0.1) is 0 Å². The van der Waals surface area contributed by atoms with Gasteiger partial charge in [-0.05, 0) is 18.6 Å². The lowest BCUT2D eigenvalue weighted by Crippen LogP contribution is -2.48. The molecular weight excluding hydrogens is 162 g/mol. The van der Waals surface area contributed by atoms with Crippen molar-refractivity contribution in [1.29, 1.82) is 0 Å².